The Morgan fingerprint density at radius 3 is 2.72 bits per heavy atom. The standard InChI is InChI=1S/C17H15ClF3N3O/c1-9-5-6-14(25)15-11(9)3-2-4-13(15)23-24-16-12(18)7-10(8-22-16)17(19,20)21/h5-8,25H,2-4H2,1H3,(H,22,24)/b23-13+. The Bertz CT molecular complexity index is 850. The Morgan fingerprint density at radius 1 is 1.28 bits per heavy atom. The molecule has 1 heterocycles. The van der Waals surface area contributed by atoms with E-state index in [4.69, 9.17) is 11.6 Å². The van der Waals surface area contributed by atoms with Crippen molar-refractivity contribution in [1.29, 1.82) is 0 Å². The number of aromatic hydroxyl groups is 1. The van der Waals surface area contributed by atoms with E-state index in [2.05, 4.69) is 15.5 Å². The van der Waals surface area contributed by atoms with Crippen LogP contribution in [-0.2, 0) is 12.6 Å². The van der Waals surface area contributed by atoms with Crippen LogP contribution < -0.4 is 5.43 Å². The number of benzene rings is 1. The van der Waals surface area contributed by atoms with Crippen LogP contribution in [0.2, 0.25) is 5.02 Å². The molecule has 4 nitrogen and oxygen atoms in total. The molecule has 0 saturated carbocycles. The molecular weight excluding hydrogens is 355 g/mol. The number of hydrazone groups is 1. The number of alkyl halides is 3. The number of halogens is 4. The molecule has 2 aromatic rings. The van der Waals surface area contributed by atoms with E-state index < -0.39 is 11.7 Å². The van der Waals surface area contributed by atoms with Crippen molar-refractivity contribution in [3.63, 3.8) is 0 Å². The predicted molar refractivity (Wildman–Crippen MR) is 90.2 cm³/mol. The molecule has 132 valence electrons. The maximum absolute atomic E-state index is 12.6. The van der Waals surface area contributed by atoms with Crippen LogP contribution in [0.5, 0.6) is 5.75 Å². The molecule has 1 aromatic heterocycles. The van der Waals surface area contributed by atoms with E-state index in [1.807, 2.05) is 13.0 Å². The van der Waals surface area contributed by atoms with Gasteiger partial charge >= 0.3 is 6.18 Å². The summed E-state index contributed by atoms with van der Waals surface area (Å²) in [5.41, 5.74) is 5.07. The fourth-order valence-electron chi connectivity index (χ4n) is 2.85. The summed E-state index contributed by atoms with van der Waals surface area (Å²) in [6.45, 7) is 1.96. The lowest BCUT2D eigenvalue weighted by Gasteiger charge is -2.21. The van der Waals surface area contributed by atoms with Crippen LogP contribution in [0, 0.1) is 6.92 Å². The van der Waals surface area contributed by atoms with E-state index in [0.29, 0.717) is 23.9 Å². The van der Waals surface area contributed by atoms with Crippen molar-refractivity contribution >= 4 is 23.1 Å². The summed E-state index contributed by atoms with van der Waals surface area (Å²) in [5, 5.41) is 14.2. The molecule has 0 atom stereocenters. The Morgan fingerprint density at radius 2 is 2.04 bits per heavy atom. The largest absolute Gasteiger partial charge is 0.507 e. The monoisotopic (exact) mass is 369 g/mol. The van der Waals surface area contributed by atoms with Gasteiger partial charge in [0.05, 0.1) is 16.3 Å². The SMILES string of the molecule is Cc1ccc(O)c2c1CCC/C2=N\Nc1ncc(C(F)(F)F)cc1Cl. The highest BCUT2D eigenvalue weighted by atomic mass is 35.5. The van der Waals surface area contributed by atoms with Crippen molar-refractivity contribution in [2.45, 2.75) is 32.4 Å². The van der Waals surface area contributed by atoms with Crippen molar-refractivity contribution in [2.24, 2.45) is 5.10 Å². The highest BCUT2D eigenvalue weighted by Gasteiger charge is 2.31. The molecule has 2 N–H and O–H groups in total. The van der Waals surface area contributed by atoms with E-state index in [9.17, 15) is 18.3 Å². The number of aryl methyl sites for hydroxylation is 1. The molecule has 0 radical (unpaired) electrons. The molecule has 1 aliphatic carbocycles. The summed E-state index contributed by atoms with van der Waals surface area (Å²) in [4.78, 5) is 3.69. The van der Waals surface area contributed by atoms with Crippen molar-refractivity contribution in [1.82, 2.24) is 4.98 Å². The van der Waals surface area contributed by atoms with Gasteiger partial charge in [-0.2, -0.15) is 18.3 Å². The Kier molecular flexibility index (Phi) is 4.60. The third-order valence-electron chi connectivity index (χ3n) is 4.12. The van der Waals surface area contributed by atoms with Crippen LogP contribution in [0.1, 0.15) is 35.1 Å². The predicted octanol–water partition coefficient (Wildman–Crippen LogP) is 4.92. The molecule has 0 bridgehead atoms. The number of phenolic OH excluding ortho intramolecular Hbond substituents is 1. The molecule has 3 rings (SSSR count). The molecule has 0 saturated heterocycles. The van der Waals surface area contributed by atoms with Crippen LogP contribution in [0.3, 0.4) is 0 Å². The number of aromatic nitrogens is 1. The average Bonchev–Trinajstić information content (AvgIpc) is 2.56. The van der Waals surface area contributed by atoms with Crippen molar-refractivity contribution < 1.29 is 18.3 Å². The van der Waals surface area contributed by atoms with Crippen molar-refractivity contribution in [3.05, 3.63) is 51.7 Å². The second kappa shape index (κ2) is 6.55. The van der Waals surface area contributed by atoms with Gasteiger partial charge in [-0.05, 0) is 49.4 Å². The molecule has 1 aromatic carbocycles. The van der Waals surface area contributed by atoms with E-state index in [-0.39, 0.29) is 16.6 Å². The minimum atomic E-state index is -4.51. The number of nitrogens with zero attached hydrogens (tertiary/aromatic N) is 2. The summed E-state index contributed by atoms with van der Waals surface area (Å²) < 4.78 is 37.9. The number of rotatable bonds is 2. The molecule has 0 fully saturated rings. The van der Waals surface area contributed by atoms with Gasteiger partial charge in [0, 0.05) is 11.8 Å². The first-order chi connectivity index (χ1) is 11.8. The molecule has 0 amide bonds. The maximum atomic E-state index is 12.6. The summed E-state index contributed by atoms with van der Waals surface area (Å²) in [7, 11) is 0. The molecular formula is C17H15ClF3N3O. The zero-order valence-electron chi connectivity index (χ0n) is 13.3. The summed E-state index contributed by atoms with van der Waals surface area (Å²) in [6, 6.07) is 4.25. The van der Waals surface area contributed by atoms with Gasteiger partial charge < -0.3 is 5.11 Å². The van der Waals surface area contributed by atoms with Crippen molar-refractivity contribution in [2.75, 3.05) is 5.43 Å². The number of anilines is 1. The lowest BCUT2D eigenvalue weighted by atomic mass is 9.86. The molecule has 1 aliphatic rings. The van der Waals surface area contributed by atoms with Gasteiger partial charge in [-0.15, -0.1) is 0 Å². The van der Waals surface area contributed by atoms with Gasteiger partial charge in [0.25, 0.3) is 0 Å². The van der Waals surface area contributed by atoms with Crippen molar-refractivity contribution in [3.8, 4) is 5.75 Å². The zero-order valence-corrected chi connectivity index (χ0v) is 14.0. The Hall–Kier alpha value is -2.28. The summed E-state index contributed by atoms with van der Waals surface area (Å²) in [6.07, 6.45) is -1.47. The number of nitrogens with one attached hydrogen (secondary N) is 1. The number of hydrogen-bond acceptors (Lipinski definition) is 4. The van der Waals surface area contributed by atoms with Crippen LogP contribution in [0.4, 0.5) is 19.0 Å². The van der Waals surface area contributed by atoms with Gasteiger partial charge in [0.15, 0.2) is 5.82 Å². The summed E-state index contributed by atoms with van der Waals surface area (Å²) in [5.74, 6) is 0.161. The topological polar surface area (TPSA) is 57.5 Å². The van der Waals surface area contributed by atoms with Crippen LogP contribution in [0.25, 0.3) is 0 Å². The first-order valence-electron chi connectivity index (χ1n) is 7.64. The lowest BCUT2D eigenvalue weighted by molar-refractivity contribution is -0.137. The fraction of sp³-hybridized carbons (Fsp3) is 0.294. The van der Waals surface area contributed by atoms with Gasteiger partial charge in [0.1, 0.15) is 5.75 Å². The van der Waals surface area contributed by atoms with Crippen LogP contribution in [0.15, 0.2) is 29.5 Å². The summed E-state index contributed by atoms with van der Waals surface area (Å²) >= 11 is 5.87. The molecule has 0 unspecified atom stereocenters. The first-order valence-corrected chi connectivity index (χ1v) is 8.02. The molecule has 0 aliphatic heterocycles. The molecule has 8 heteroatoms. The Balaban J connectivity index is 1.91. The van der Waals surface area contributed by atoms with Gasteiger partial charge in [0.2, 0.25) is 0 Å². The minimum absolute atomic E-state index is 0.0291. The van der Waals surface area contributed by atoms with E-state index in [0.717, 1.165) is 30.0 Å². The van der Waals surface area contributed by atoms with E-state index in [1.54, 1.807) is 6.07 Å². The van der Waals surface area contributed by atoms with Crippen LogP contribution >= 0.6 is 11.6 Å². The lowest BCUT2D eigenvalue weighted by Crippen LogP contribution is -2.15. The normalized spacial score (nSPS) is 16.0. The molecule has 0 spiro atoms. The quantitative estimate of drug-likeness (QED) is 0.739. The second-order valence-corrected chi connectivity index (χ2v) is 6.24. The number of phenols is 1. The molecule has 25 heavy (non-hydrogen) atoms. The third-order valence-corrected chi connectivity index (χ3v) is 4.41. The average molecular weight is 370 g/mol. The Labute approximate surface area is 147 Å². The first kappa shape index (κ1) is 17.5. The zero-order chi connectivity index (χ0) is 18.2. The highest BCUT2D eigenvalue weighted by Crippen LogP contribution is 2.34. The fourth-order valence-corrected chi connectivity index (χ4v) is 3.06. The van der Waals surface area contributed by atoms with E-state index >= 15 is 0 Å². The van der Waals surface area contributed by atoms with E-state index in [1.165, 1.54) is 0 Å². The number of fused-ring (bicyclic) bond motifs is 1. The highest BCUT2D eigenvalue weighted by molar-refractivity contribution is 6.33. The van der Waals surface area contributed by atoms with Gasteiger partial charge in [-0.25, -0.2) is 4.98 Å². The van der Waals surface area contributed by atoms with Crippen LogP contribution in [-0.4, -0.2) is 15.8 Å². The maximum Gasteiger partial charge on any atom is 0.417 e. The smallest absolute Gasteiger partial charge is 0.417 e. The van der Waals surface area contributed by atoms with Gasteiger partial charge in [-0.3, -0.25) is 5.43 Å². The number of pyridine rings is 1. The second-order valence-electron chi connectivity index (χ2n) is 5.83. The number of hydrogen-bond donors (Lipinski definition) is 2. The third kappa shape index (κ3) is 3.56. The van der Waals surface area contributed by atoms with Gasteiger partial charge in [-0.1, -0.05) is 17.7 Å². The minimum Gasteiger partial charge on any atom is -0.507 e.